The molecule has 2 heterocycles. The number of aldehydes is 1. The predicted molar refractivity (Wildman–Crippen MR) is 77.6 cm³/mol. The van der Waals surface area contributed by atoms with Crippen molar-refractivity contribution in [3.8, 4) is 17.6 Å². The molecule has 0 aliphatic carbocycles. The Hall–Kier alpha value is -3.13. The summed E-state index contributed by atoms with van der Waals surface area (Å²) in [6.07, 6.45) is 4.48. The predicted octanol–water partition coefficient (Wildman–Crippen LogP) is 2.54. The summed E-state index contributed by atoms with van der Waals surface area (Å²) in [6, 6.07) is 15.3. The first-order valence-corrected chi connectivity index (χ1v) is 6.47. The van der Waals surface area contributed by atoms with Crippen molar-refractivity contribution in [2.75, 3.05) is 0 Å². The van der Waals surface area contributed by atoms with Gasteiger partial charge in [-0.15, -0.1) is 0 Å². The fourth-order valence-electron chi connectivity index (χ4n) is 2.28. The van der Waals surface area contributed by atoms with E-state index in [4.69, 9.17) is 5.26 Å². The van der Waals surface area contributed by atoms with Gasteiger partial charge in [-0.05, 0) is 24.3 Å². The van der Waals surface area contributed by atoms with Gasteiger partial charge >= 0.3 is 0 Å². The summed E-state index contributed by atoms with van der Waals surface area (Å²) in [7, 11) is 0. The van der Waals surface area contributed by atoms with E-state index in [1.54, 1.807) is 33.8 Å². The number of nitriles is 1. The number of para-hydroxylation sites is 1. The van der Waals surface area contributed by atoms with Crippen LogP contribution in [-0.2, 0) is 6.42 Å². The molecule has 2 aromatic heterocycles. The number of hydrogen-bond acceptors (Lipinski definition) is 3. The molecule has 102 valence electrons. The van der Waals surface area contributed by atoms with Gasteiger partial charge in [0.15, 0.2) is 6.29 Å². The summed E-state index contributed by atoms with van der Waals surface area (Å²) in [6.45, 7) is 0. The number of carbonyl (C=O) groups excluding carboxylic acids is 1. The summed E-state index contributed by atoms with van der Waals surface area (Å²) < 4.78 is 3.49. The Morgan fingerprint density at radius 3 is 2.71 bits per heavy atom. The van der Waals surface area contributed by atoms with E-state index in [-0.39, 0.29) is 6.42 Å². The first-order valence-electron chi connectivity index (χ1n) is 6.47. The van der Waals surface area contributed by atoms with Gasteiger partial charge in [-0.1, -0.05) is 18.2 Å². The molecule has 0 saturated heterocycles. The summed E-state index contributed by atoms with van der Waals surface area (Å²) in [5, 5.41) is 13.3. The number of benzene rings is 1. The minimum Gasteiger partial charge on any atom is -0.298 e. The van der Waals surface area contributed by atoms with Crippen LogP contribution in [0, 0.1) is 11.3 Å². The molecule has 0 N–H and O–H groups in total. The lowest BCUT2D eigenvalue weighted by molar-refractivity contribution is 0.111. The summed E-state index contributed by atoms with van der Waals surface area (Å²) in [5.41, 5.74) is 2.18. The van der Waals surface area contributed by atoms with Crippen molar-refractivity contribution in [3.63, 3.8) is 0 Å². The molecule has 1 aromatic carbocycles. The van der Waals surface area contributed by atoms with Gasteiger partial charge in [-0.3, -0.25) is 9.36 Å². The van der Waals surface area contributed by atoms with Crippen molar-refractivity contribution in [1.29, 1.82) is 5.26 Å². The molecule has 21 heavy (non-hydrogen) atoms. The fraction of sp³-hybridized carbons (Fsp3) is 0.0625. The van der Waals surface area contributed by atoms with Crippen molar-refractivity contribution < 1.29 is 4.79 Å². The Balaban J connectivity index is 2.24. The van der Waals surface area contributed by atoms with Gasteiger partial charge < -0.3 is 0 Å². The van der Waals surface area contributed by atoms with Crippen molar-refractivity contribution in [2.24, 2.45) is 0 Å². The van der Waals surface area contributed by atoms with E-state index >= 15 is 0 Å². The average Bonchev–Trinajstić information content (AvgIpc) is 3.14. The Morgan fingerprint density at radius 2 is 2.00 bits per heavy atom. The highest BCUT2D eigenvalue weighted by atomic mass is 16.1. The second-order valence-corrected chi connectivity index (χ2v) is 4.50. The van der Waals surface area contributed by atoms with E-state index in [1.165, 1.54) is 0 Å². The van der Waals surface area contributed by atoms with E-state index in [9.17, 15) is 4.79 Å². The molecule has 0 radical (unpaired) electrons. The minimum absolute atomic E-state index is 0.235. The lowest BCUT2D eigenvalue weighted by Gasteiger charge is -2.11. The third-order valence-electron chi connectivity index (χ3n) is 3.22. The lowest BCUT2D eigenvalue weighted by atomic mass is 10.2. The number of hydrogen-bond donors (Lipinski definition) is 0. The highest BCUT2D eigenvalue weighted by Crippen LogP contribution is 2.21. The zero-order chi connectivity index (χ0) is 14.7. The fourth-order valence-corrected chi connectivity index (χ4v) is 2.28. The number of aromatic nitrogens is 3. The molecule has 0 bridgehead atoms. The maximum atomic E-state index is 11.2. The molecule has 0 aliphatic rings. The second kappa shape index (κ2) is 5.47. The largest absolute Gasteiger partial charge is 0.298 e. The van der Waals surface area contributed by atoms with Crippen LogP contribution in [0.2, 0.25) is 0 Å². The Labute approximate surface area is 121 Å². The van der Waals surface area contributed by atoms with E-state index in [1.807, 2.05) is 30.3 Å². The van der Waals surface area contributed by atoms with Gasteiger partial charge in [0.1, 0.15) is 5.82 Å². The molecule has 0 aliphatic heterocycles. The standard InChI is InChI=1S/C16H12N4O/c17-9-8-13-11-18-20(14-5-2-1-3-6-14)16(13)19-10-4-7-15(19)12-21/h1-7,10-12H,8H2. The molecule has 0 saturated carbocycles. The molecule has 0 spiro atoms. The van der Waals surface area contributed by atoms with E-state index in [0.29, 0.717) is 5.69 Å². The smallest absolute Gasteiger partial charge is 0.166 e. The monoisotopic (exact) mass is 276 g/mol. The second-order valence-electron chi connectivity index (χ2n) is 4.50. The van der Waals surface area contributed by atoms with Crippen molar-refractivity contribution in [2.45, 2.75) is 6.42 Å². The van der Waals surface area contributed by atoms with Gasteiger partial charge in [-0.2, -0.15) is 10.4 Å². The maximum Gasteiger partial charge on any atom is 0.166 e. The molecule has 3 aromatic rings. The van der Waals surface area contributed by atoms with Crippen molar-refractivity contribution >= 4 is 6.29 Å². The molecule has 0 fully saturated rings. The normalized spacial score (nSPS) is 10.2. The minimum atomic E-state index is 0.235. The quantitative estimate of drug-likeness (QED) is 0.688. The maximum absolute atomic E-state index is 11.2. The Kier molecular flexibility index (Phi) is 3.36. The average molecular weight is 276 g/mol. The van der Waals surface area contributed by atoms with E-state index < -0.39 is 0 Å². The van der Waals surface area contributed by atoms with Gasteiger partial charge in [0.25, 0.3) is 0 Å². The van der Waals surface area contributed by atoms with Crippen LogP contribution < -0.4 is 0 Å². The summed E-state index contributed by atoms with van der Waals surface area (Å²) >= 11 is 0. The van der Waals surface area contributed by atoms with Crippen LogP contribution in [0.4, 0.5) is 0 Å². The molecule has 5 nitrogen and oxygen atoms in total. The molecular formula is C16H12N4O. The molecule has 0 amide bonds. The topological polar surface area (TPSA) is 63.6 Å². The number of rotatable bonds is 4. The lowest BCUT2D eigenvalue weighted by Crippen LogP contribution is -2.08. The van der Waals surface area contributed by atoms with Crippen LogP contribution >= 0.6 is 0 Å². The summed E-state index contributed by atoms with van der Waals surface area (Å²) in [4.78, 5) is 11.2. The SMILES string of the molecule is N#CCc1cnn(-c2ccccc2)c1-n1cccc1C=O. The van der Waals surface area contributed by atoms with Crippen LogP contribution in [0.5, 0.6) is 0 Å². The Bertz CT molecular complexity index is 808. The van der Waals surface area contributed by atoms with E-state index in [0.717, 1.165) is 23.4 Å². The van der Waals surface area contributed by atoms with Gasteiger partial charge in [-0.25, -0.2) is 4.68 Å². The highest BCUT2D eigenvalue weighted by Gasteiger charge is 2.15. The zero-order valence-corrected chi connectivity index (χ0v) is 11.2. The van der Waals surface area contributed by atoms with Crippen LogP contribution in [0.1, 0.15) is 16.1 Å². The molecule has 5 heteroatoms. The Morgan fingerprint density at radius 1 is 1.19 bits per heavy atom. The van der Waals surface area contributed by atoms with E-state index in [2.05, 4.69) is 11.2 Å². The highest BCUT2D eigenvalue weighted by molar-refractivity contribution is 5.74. The third-order valence-corrected chi connectivity index (χ3v) is 3.22. The van der Waals surface area contributed by atoms with Crippen LogP contribution in [0.15, 0.2) is 54.9 Å². The molecule has 0 atom stereocenters. The number of nitrogens with zero attached hydrogens (tertiary/aromatic N) is 4. The first-order chi connectivity index (χ1) is 10.3. The van der Waals surface area contributed by atoms with Gasteiger partial charge in [0.05, 0.1) is 30.1 Å². The van der Waals surface area contributed by atoms with Crippen molar-refractivity contribution in [3.05, 3.63) is 66.1 Å². The molecule has 3 rings (SSSR count). The van der Waals surface area contributed by atoms with Crippen LogP contribution in [0.25, 0.3) is 11.5 Å². The first kappa shape index (κ1) is 12.9. The third kappa shape index (κ3) is 2.23. The summed E-state index contributed by atoms with van der Waals surface area (Å²) in [5.74, 6) is 0.717. The van der Waals surface area contributed by atoms with Crippen molar-refractivity contribution in [1.82, 2.24) is 14.3 Å². The zero-order valence-electron chi connectivity index (χ0n) is 11.2. The van der Waals surface area contributed by atoms with Crippen LogP contribution in [0.3, 0.4) is 0 Å². The molecular weight excluding hydrogens is 264 g/mol. The van der Waals surface area contributed by atoms with Crippen LogP contribution in [-0.4, -0.2) is 20.6 Å². The van der Waals surface area contributed by atoms with Gasteiger partial charge in [0, 0.05) is 11.8 Å². The van der Waals surface area contributed by atoms with Gasteiger partial charge in [0.2, 0.25) is 0 Å². The molecule has 0 unspecified atom stereocenters. The number of carbonyl (C=O) groups is 1.